The molecule has 124 valence electrons. The Kier molecular flexibility index (Phi) is 4.66. The second-order valence-corrected chi connectivity index (χ2v) is 6.77. The van der Waals surface area contributed by atoms with Crippen LogP contribution in [0.25, 0.3) is 0 Å². The fourth-order valence-electron chi connectivity index (χ4n) is 3.62. The molecule has 2 fully saturated rings. The second kappa shape index (κ2) is 6.71. The van der Waals surface area contributed by atoms with Crippen LogP contribution in [-0.4, -0.2) is 41.4 Å². The predicted octanol–water partition coefficient (Wildman–Crippen LogP) is 1.68. The lowest BCUT2D eigenvalue weighted by Crippen LogP contribution is -2.56. The van der Waals surface area contributed by atoms with Crippen molar-refractivity contribution in [1.29, 1.82) is 0 Å². The standard InChI is InChI=1S/C18H25N3O2/c19-18(10-4-5-11-18)17(23)21-12-8-15(9-13-21)20-16(22)14-6-2-1-3-7-14/h1-3,6-7,15H,4-5,8-13,19H2,(H,20,22). The van der Waals surface area contributed by atoms with Crippen molar-refractivity contribution in [2.75, 3.05) is 13.1 Å². The van der Waals surface area contributed by atoms with Crippen molar-refractivity contribution < 1.29 is 9.59 Å². The summed E-state index contributed by atoms with van der Waals surface area (Å²) in [4.78, 5) is 26.6. The maximum Gasteiger partial charge on any atom is 0.251 e. The first kappa shape index (κ1) is 16.0. The van der Waals surface area contributed by atoms with E-state index in [9.17, 15) is 9.59 Å². The molecule has 1 aromatic carbocycles. The Morgan fingerprint density at radius 1 is 1.09 bits per heavy atom. The van der Waals surface area contributed by atoms with Crippen molar-refractivity contribution in [1.82, 2.24) is 10.2 Å². The minimum atomic E-state index is -0.639. The molecule has 5 heteroatoms. The number of amides is 2. The molecule has 1 heterocycles. The van der Waals surface area contributed by atoms with Gasteiger partial charge in [-0.1, -0.05) is 31.0 Å². The van der Waals surface area contributed by atoms with Crippen LogP contribution < -0.4 is 11.1 Å². The van der Waals surface area contributed by atoms with Gasteiger partial charge in [-0.25, -0.2) is 0 Å². The van der Waals surface area contributed by atoms with Gasteiger partial charge in [0.25, 0.3) is 5.91 Å². The lowest BCUT2D eigenvalue weighted by molar-refractivity contribution is -0.137. The Labute approximate surface area is 137 Å². The number of nitrogens with zero attached hydrogens (tertiary/aromatic N) is 1. The van der Waals surface area contributed by atoms with Crippen LogP contribution >= 0.6 is 0 Å². The van der Waals surface area contributed by atoms with Crippen LogP contribution in [0.1, 0.15) is 48.9 Å². The maximum atomic E-state index is 12.6. The van der Waals surface area contributed by atoms with E-state index in [0.29, 0.717) is 18.7 Å². The third-order valence-electron chi connectivity index (χ3n) is 5.08. The Hall–Kier alpha value is -1.88. The van der Waals surface area contributed by atoms with Gasteiger partial charge in [0, 0.05) is 24.7 Å². The van der Waals surface area contributed by atoms with Crippen molar-refractivity contribution in [2.24, 2.45) is 5.73 Å². The molecule has 0 unspecified atom stereocenters. The van der Waals surface area contributed by atoms with Crippen molar-refractivity contribution in [3.8, 4) is 0 Å². The number of hydrogen-bond acceptors (Lipinski definition) is 3. The van der Waals surface area contributed by atoms with Gasteiger partial charge in [0.15, 0.2) is 0 Å². The number of carbonyl (C=O) groups excluding carboxylic acids is 2. The number of carbonyl (C=O) groups is 2. The average molecular weight is 315 g/mol. The maximum absolute atomic E-state index is 12.6. The van der Waals surface area contributed by atoms with Gasteiger partial charge in [0.05, 0.1) is 5.54 Å². The van der Waals surface area contributed by atoms with Gasteiger partial charge in [-0.05, 0) is 37.8 Å². The van der Waals surface area contributed by atoms with Crippen LogP contribution in [0.5, 0.6) is 0 Å². The number of nitrogens with one attached hydrogen (secondary N) is 1. The number of nitrogens with two attached hydrogens (primary N) is 1. The fourth-order valence-corrected chi connectivity index (χ4v) is 3.62. The molecule has 1 saturated heterocycles. The molecule has 0 radical (unpaired) electrons. The van der Waals surface area contributed by atoms with Crippen LogP contribution in [0.15, 0.2) is 30.3 Å². The molecule has 1 saturated carbocycles. The Bertz CT molecular complexity index is 559. The zero-order valence-electron chi connectivity index (χ0n) is 13.5. The molecule has 2 aliphatic rings. The first-order valence-electron chi connectivity index (χ1n) is 8.53. The van der Waals surface area contributed by atoms with Gasteiger partial charge in [-0.2, -0.15) is 0 Å². The van der Waals surface area contributed by atoms with E-state index >= 15 is 0 Å². The highest BCUT2D eigenvalue weighted by atomic mass is 16.2. The van der Waals surface area contributed by atoms with Crippen LogP contribution in [0.4, 0.5) is 0 Å². The molecule has 0 spiro atoms. The Morgan fingerprint density at radius 2 is 1.70 bits per heavy atom. The van der Waals surface area contributed by atoms with Crippen LogP contribution in [-0.2, 0) is 4.79 Å². The third-order valence-corrected chi connectivity index (χ3v) is 5.08. The predicted molar refractivity (Wildman–Crippen MR) is 88.9 cm³/mol. The summed E-state index contributed by atoms with van der Waals surface area (Å²) in [5, 5.41) is 3.07. The normalized spacial score (nSPS) is 21.2. The zero-order valence-corrected chi connectivity index (χ0v) is 13.5. The molecule has 5 nitrogen and oxygen atoms in total. The van der Waals surface area contributed by atoms with E-state index in [2.05, 4.69) is 5.32 Å². The highest BCUT2D eigenvalue weighted by Gasteiger charge is 2.40. The summed E-state index contributed by atoms with van der Waals surface area (Å²) >= 11 is 0. The molecule has 0 bridgehead atoms. The number of benzene rings is 1. The van der Waals surface area contributed by atoms with Gasteiger partial charge in [0.1, 0.15) is 0 Å². The van der Waals surface area contributed by atoms with Crippen molar-refractivity contribution in [3.05, 3.63) is 35.9 Å². The first-order valence-corrected chi connectivity index (χ1v) is 8.53. The van der Waals surface area contributed by atoms with E-state index in [0.717, 1.165) is 38.5 Å². The summed E-state index contributed by atoms with van der Waals surface area (Å²) < 4.78 is 0. The van der Waals surface area contributed by atoms with E-state index < -0.39 is 5.54 Å². The number of hydrogen-bond donors (Lipinski definition) is 2. The molecule has 0 atom stereocenters. The number of likely N-dealkylation sites (tertiary alicyclic amines) is 1. The molecular formula is C18H25N3O2. The quantitative estimate of drug-likeness (QED) is 0.891. The molecule has 1 aliphatic heterocycles. The van der Waals surface area contributed by atoms with Crippen LogP contribution in [0, 0.1) is 0 Å². The summed E-state index contributed by atoms with van der Waals surface area (Å²) in [6, 6.07) is 9.37. The van der Waals surface area contributed by atoms with Crippen LogP contribution in [0.3, 0.4) is 0 Å². The molecule has 3 rings (SSSR count). The lowest BCUT2D eigenvalue weighted by Gasteiger charge is -2.37. The summed E-state index contributed by atoms with van der Waals surface area (Å²) in [7, 11) is 0. The van der Waals surface area contributed by atoms with E-state index in [1.807, 2.05) is 35.2 Å². The van der Waals surface area contributed by atoms with Crippen LogP contribution in [0.2, 0.25) is 0 Å². The van der Waals surface area contributed by atoms with Gasteiger partial charge in [-0.3, -0.25) is 9.59 Å². The topological polar surface area (TPSA) is 75.4 Å². The Morgan fingerprint density at radius 3 is 2.30 bits per heavy atom. The number of piperidine rings is 1. The summed E-state index contributed by atoms with van der Waals surface area (Å²) in [6.45, 7) is 1.36. The van der Waals surface area contributed by atoms with Crippen molar-refractivity contribution in [2.45, 2.75) is 50.1 Å². The molecule has 23 heavy (non-hydrogen) atoms. The molecule has 1 aliphatic carbocycles. The number of rotatable bonds is 3. The SMILES string of the molecule is NC1(C(=O)N2CCC(NC(=O)c3ccccc3)CC2)CCCC1. The molecule has 0 aromatic heterocycles. The van der Waals surface area contributed by atoms with Gasteiger partial charge >= 0.3 is 0 Å². The highest BCUT2D eigenvalue weighted by Crippen LogP contribution is 2.30. The minimum absolute atomic E-state index is 0.0403. The highest BCUT2D eigenvalue weighted by molar-refractivity contribution is 5.94. The molecular weight excluding hydrogens is 290 g/mol. The van der Waals surface area contributed by atoms with Crippen molar-refractivity contribution >= 4 is 11.8 Å². The molecule has 2 amide bonds. The molecule has 3 N–H and O–H groups in total. The largest absolute Gasteiger partial charge is 0.349 e. The fraction of sp³-hybridized carbons (Fsp3) is 0.556. The van der Waals surface area contributed by atoms with Crippen molar-refractivity contribution in [3.63, 3.8) is 0 Å². The second-order valence-electron chi connectivity index (χ2n) is 6.77. The summed E-state index contributed by atoms with van der Waals surface area (Å²) in [5.74, 6) is 0.0595. The van der Waals surface area contributed by atoms with E-state index in [-0.39, 0.29) is 17.9 Å². The van der Waals surface area contributed by atoms with E-state index in [4.69, 9.17) is 5.73 Å². The zero-order chi connectivity index (χ0) is 16.3. The van der Waals surface area contributed by atoms with Gasteiger partial charge < -0.3 is 16.0 Å². The monoisotopic (exact) mass is 315 g/mol. The van der Waals surface area contributed by atoms with Gasteiger partial charge in [-0.15, -0.1) is 0 Å². The summed E-state index contributed by atoms with van der Waals surface area (Å²) in [6.07, 6.45) is 5.28. The van der Waals surface area contributed by atoms with E-state index in [1.165, 1.54) is 0 Å². The molecule has 1 aromatic rings. The van der Waals surface area contributed by atoms with E-state index in [1.54, 1.807) is 0 Å². The third kappa shape index (κ3) is 3.55. The average Bonchev–Trinajstić information content (AvgIpc) is 3.03. The first-order chi connectivity index (χ1) is 11.1. The minimum Gasteiger partial charge on any atom is -0.349 e. The Balaban J connectivity index is 1.51. The van der Waals surface area contributed by atoms with Gasteiger partial charge in [0.2, 0.25) is 5.91 Å². The lowest BCUT2D eigenvalue weighted by atomic mass is 9.95. The summed E-state index contributed by atoms with van der Waals surface area (Å²) in [5.41, 5.74) is 6.30. The smallest absolute Gasteiger partial charge is 0.251 e.